The minimum Gasteiger partial charge on any atom is -0.344 e. The summed E-state index contributed by atoms with van der Waals surface area (Å²) in [6, 6.07) is 19.3. The number of aryl methyl sites for hydroxylation is 1. The van der Waals surface area contributed by atoms with Crippen molar-refractivity contribution in [3.8, 4) is 6.07 Å². The van der Waals surface area contributed by atoms with Crippen molar-refractivity contribution < 1.29 is 4.79 Å². The van der Waals surface area contributed by atoms with Gasteiger partial charge in [0.05, 0.1) is 29.2 Å². The van der Waals surface area contributed by atoms with Gasteiger partial charge >= 0.3 is 0 Å². The average molecular weight is 418 g/mol. The average Bonchev–Trinajstić information content (AvgIpc) is 2.79. The number of carbonyl (C=O) groups is 1. The SMILES string of the molecule is CCc1ccc(N2CSC3=C(C#N)[C@H](c4ccc(C(C)C)cc4)CC(=O)N3C2)cc1. The summed E-state index contributed by atoms with van der Waals surface area (Å²) < 4.78 is 0. The number of hydrogen-bond acceptors (Lipinski definition) is 4. The summed E-state index contributed by atoms with van der Waals surface area (Å²) in [5, 5.41) is 10.8. The van der Waals surface area contributed by atoms with Crippen molar-refractivity contribution in [2.24, 2.45) is 0 Å². The molecule has 1 saturated heterocycles. The monoisotopic (exact) mass is 417 g/mol. The molecule has 0 unspecified atom stereocenters. The fourth-order valence-electron chi connectivity index (χ4n) is 4.07. The highest BCUT2D eigenvalue weighted by molar-refractivity contribution is 8.03. The van der Waals surface area contributed by atoms with Crippen LogP contribution in [0.3, 0.4) is 0 Å². The normalized spacial score (nSPS) is 19.2. The first-order valence-electron chi connectivity index (χ1n) is 10.5. The van der Waals surface area contributed by atoms with E-state index >= 15 is 0 Å². The fraction of sp³-hybridized carbons (Fsp3) is 0.360. The van der Waals surface area contributed by atoms with E-state index in [1.807, 2.05) is 0 Å². The van der Waals surface area contributed by atoms with E-state index in [1.165, 1.54) is 11.1 Å². The van der Waals surface area contributed by atoms with Crippen LogP contribution in [0.25, 0.3) is 0 Å². The highest BCUT2D eigenvalue weighted by atomic mass is 32.2. The van der Waals surface area contributed by atoms with E-state index in [0.29, 0.717) is 19.0 Å². The summed E-state index contributed by atoms with van der Waals surface area (Å²) in [7, 11) is 0. The molecule has 2 aromatic carbocycles. The van der Waals surface area contributed by atoms with Crippen LogP contribution in [-0.2, 0) is 11.2 Å². The minimum atomic E-state index is -0.155. The smallest absolute Gasteiger partial charge is 0.229 e. The lowest BCUT2D eigenvalue weighted by atomic mass is 9.85. The van der Waals surface area contributed by atoms with Gasteiger partial charge in [0.2, 0.25) is 5.91 Å². The number of amides is 1. The number of hydrogen-bond donors (Lipinski definition) is 0. The zero-order valence-electron chi connectivity index (χ0n) is 17.8. The summed E-state index contributed by atoms with van der Waals surface area (Å²) in [5.41, 5.74) is 5.45. The predicted molar refractivity (Wildman–Crippen MR) is 123 cm³/mol. The first kappa shape index (κ1) is 20.6. The quantitative estimate of drug-likeness (QED) is 0.650. The van der Waals surface area contributed by atoms with Crippen LogP contribution in [-0.4, -0.2) is 23.4 Å². The molecule has 0 N–H and O–H groups in total. The van der Waals surface area contributed by atoms with Gasteiger partial charge in [-0.15, -0.1) is 0 Å². The number of allylic oxidation sites excluding steroid dienone is 1. The Morgan fingerprint density at radius 3 is 2.43 bits per heavy atom. The fourth-order valence-corrected chi connectivity index (χ4v) is 5.23. The molecule has 0 bridgehead atoms. The largest absolute Gasteiger partial charge is 0.344 e. The molecule has 0 radical (unpaired) electrons. The summed E-state index contributed by atoms with van der Waals surface area (Å²) in [4.78, 5) is 17.1. The van der Waals surface area contributed by atoms with E-state index in [1.54, 1.807) is 16.7 Å². The molecule has 1 amide bonds. The van der Waals surface area contributed by atoms with Crippen molar-refractivity contribution >= 4 is 23.4 Å². The van der Waals surface area contributed by atoms with Crippen LogP contribution in [0.15, 0.2) is 59.1 Å². The second kappa shape index (κ2) is 8.57. The lowest BCUT2D eigenvalue weighted by molar-refractivity contribution is -0.129. The molecular formula is C25H27N3OS. The third kappa shape index (κ3) is 3.85. The molecule has 5 heteroatoms. The minimum absolute atomic E-state index is 0.0873. The van der Waals surface area contributed by atoms with Gasteiger partial charge < -0.3 is 4.90 Å². The van der Waals surface area contributed by atoms with E-state index in [-0.39, 0.29) is 11.8 Å². The summed E-state index contributed by atoms with van der Waals surface area (Å²) in [5.74, 6) is 1.12. The maximum Gasteiger partial charge on any atom is 0.229 e. The molecular weight excluding hydrogens is 390 g/mol. The second-order valence-electron chi connectivity index (χ2n) is 8.21. The van der Waals surface area contributed by atoms with Crippen molar-refractivity contribution in [2.75, 3.05) is 17.4 Å². The van der Waals surface area contributed by atoms with Crippen molar-refractivity contribution in [1.82, 2.24) is 4.90 Å². The zero-order valence-corrected chi connectivity index (χ0v) is 18.6. The summed E-state index contributed by atoms with van der Waals surface area (Å²) >= 11 is 1.59. The van der Waals surface area contributed by atoms with Crippen LogP contribution in [0.2, 0.25) is 0 Å². The van der Waals surface area contributed by atoms with Gasteiger partial charge in [0, 0.05) is 18.0 Å². The highest BCUT2D eigenvalue weighted by Gasteiger charge is 2.38. The van der Waals surface area contributed by atoms with E-state index in [4.69, 9.17) is 0 Å². The van der Waals surface area contributed by atoms with Gasteiger partial charge in [-0.3, -0.25) is 9.69 Å². The molecule has 4 rings (SSSR count). The van der Waals surface area contributed by atoms with Crippen molar-refractivity contribution in [3.05, 3.63) is 75.8 Å². The number of nitrogens with zero attached hydrogens (tertiary/aromatic N) is 3. The predicted octanol–water partition coefficient (Wildman–Crippen LogP) is 5.59. The van der Waals surface area contributed by atoms with Crippen molar-refractivity contribution in [1.29, 1.82) is 5.26 Å². The van der Waals surface area contributed by atoms with Crippen LogP contribution in [0.1, 0.15) is 55.7 Å². The lowest BCUT2D eigenvalue weighted by Crippen LogP contribution is -2.47. The molecule has 4 nitrogen and oxygen atoms in total. The first-order valence-corrected chi connectivity index (χ1v) is 11.5. The van der Waals surface area contributed by atoms with Crippen LogP contribution in [0, 0.1) is 11.3 Å². The van der Waals surface area contributed by atoms with E-state index in [2.05, 4.69) is 80.3 Å². The second-order valence-corrected chi connectivity index (χ2v) is 9.14. The lowest BCUT2D eigenvalue weighted by Gasteiger charge is -2.42. The number of rotatable bonds is 4. The first-order chi connectivity index (χ1) is 14.5. The van der Waals surface area contributed by atoms with E-state index in [9.17, 15) is 10.1 Å². The highest BCUT2D eigenvalue weighted by Crippen LogP contribution is 2.43. The number of nitriles is 1. The Labute approximate surface area is 183 Å². The molecule has 0 saturated carbocycles. The van der Waals surface area contributed by atoms with Crippen LogP contribution < -0.4 is 4.90 Å². The Kier molecular flexibility index (Phi) is 5.87. The van der Waals surface area contributed by atoms with Gasteiger partial charge in [-0.25, -0.2) is 0 Å². The molecule has 0 aromatic heterocycles. The molecule has 1 atom stereocenters. The molecule has 30 heavy (non-hydrogen) atoms. The van der Waals surface area contributed by atoms with Gasteiger partial charge in [0.25, 0.3) is 0 Å². The van der Waals surface area contributed by atoms with Gasteiger partial charge in [-0.1, -0.05) is 68.9 Å². The van der Waals surface area contributed by atoms with E-state index < -0.39 is 0 Å². The Morgan fingerprint density at radius 1 is 1.13 bits per heavy atom. The Morgan fingerprint density at radius 2 is 1.83 bits per heavy atom. The maximum atomic E-state index is 13.1. The third-order valence-corrected chi connectivity index (χ3v) is 7.16. The number of carbonyl (C=O) groups excluding carboxylic acids is 1. The standard InChI is InChI=1S/C25H27N3OS/c1-4-18-5-11-21(12-6-18)27-15-28-24(29)13-22(23(14-26)25(28)30-16-27)20-9-7-19(8-10-20)17(2)3/h5-12,17,22H,4,13,15-16H2,1-3H3/t22-/m0/s1. The van der Waals surface area contributed by atoms with Crippen LogP contribution in [0.4, 0.5) is 5.69 Å². The molecule has 0 aliphatic carbocycles. The van der Waals surface area contributed by atoms with E-state index in [0.717, 1.165) is 34.2 Å². The van der Waals surface area contributed by atoms with Gasteiger partial charge in [-0.05, 0) is 41.2 Å². The molecule has 2 aliphatic rings. The van der Waals surface area contributed by atoms with Gasteiger partial charge in [-0.2, -0.15) is 5.26 Å². The van der Waals surface area contributed by atoms with Gasteiger partial charge in [0.1, 0.15) is 0 Å². The number of anilines is 1. The van der Waals surface area contributed by atoms with Gasteiger partial charge in [0.15, 0.2) is 0 Å². The molecule has 154 valence electrons. The maximum absolute atomic E-state index is 13.1. The Bertz CT molecular complexity index is 1000. The molecule has 1 fully saturated rings. The van der Waals surface area contributed by atoms with Crippen LogP contribution in [0.5, 0.6) is 0 Å². The summed E-state index contributed by atoms with van der Waals surface area (Å²) in [6.07, 6.45) is 1.36. The number of benzene rings is 2. The van der Waals surface area contributed by atoms with Crippen molar-refractivity contribution in [2.45, 2.75) is 45.4 Å². The topological polar surface area (TPSA) is 47.3 Å². The zero-order chi connectivity index (χ0) is 21.3. The molecule has 0 spiro atoms. The van der Waals surface area contributed by atoms with Crippen LogP contribution >= 0.6 is 11.8 Å². The van der Waals surface area contributed by atoms with Crippen molar-refractivity contribution in [3.63, 3.8) is 0 Å². The molecule has 2 aliphatic heterocycles. The Balaban J connectivity index is 1.60. The molecule has 2 aromatic rings. The summed E-state index contributed by atoms with van der Waals surface area (Å²) in [6.45, 7) is 6.97. The number of fused-ring (bicyclic) bond motifs is 1. The Hall–Kier alpha value is -2.71. The third-order valence-electron chi connectivity index (χ3n) is 6.01. The molecule has 2 heterocycles. The number of thioether (sulfide) groups is 1.